The highest BCUT2D eigenvalue weighted by molar-refractivity contribution is 5.48. The summed E-state index contributed by atoms with van der Waals surface area (Å²) in [6, 6.07) is 54.6. The summed E-state index contributed by atoms with van der Waals surface area (Å²) in [5.74, 6) is 5.65. The Labute approximate surface area is 723 Å². The van der Waals surface area contributed by atoms with Gasteiger partial charge in [0.1, 0.15) is 0 Å². The molecule has 0 heteroatoms. The molecule has 0 aliphatic rings. The lowest BCUT2D eigenvalue weighted by molar-refractivity contribution is 0.548. The van der Waals surface area contributed by atoms with Gasteiger partial charge < -0.3 is 0 Å². The van der Waals surface area contributed by atoms with Crippen molar-refractivity contribution >= 4 is 0 Å². The fourth-order valence-corrected chi connectivity index (χ4v) is 15.3. The highest BCUT2D eigenvalue weighted by Crippen LogP contribution is 2.41. The first kappa shape index (κ1) is 108. The monoisotopic (exact) mass is 1580 g/mol. The Kier molecular flexibility index (Phi) is 42.2. The highest BCUT2D eigenvalue weighted by Gasteiger charge is 2.28. The van der Waals surface area contributed by atoms with Crippen LogP contribution in [0.15, 0.2) is 146 Å². The van der Waals surface area contributed by atoms with Crippen LogP contribution < -0.4 is 0 Å². The van der Waals surface area contributed by atoms with Crippen molar-refractivity contribution in [1.82, 2.24) is 0 Å². The van der Waals surface area contributed by atoms with E-state index in [1.807, 2.05) is 0 Å². The molecule has 0 aliphatic carbocycles. The van der Waals surface area contributed by atoms with Crippen LogP contribution in [-0.4, -0.2) is 0 Å². The molecule has 8 aromatic carbocycles. The Hall–Kier alpha value is -6.24. The average Bonchev–Trinajstić information content (AvgIpc) is 0.777. The van der Waals surface area contributed by atoms with Gasteiger partial charge in [-0.2, -0.15) is 0 Å². The van der Waals surface area contributed by atoms with E-state index in [-0.39, 0.29) is 43.3 Å². The largest absolute Gasteiger partial charge is 0.0625 e. The predicted molar refractivity (Wildman–Crippen MR) is 530 cm³/mol. The van der Waals surface area contributed by atoms with E-state index in [1.165, 1.54) is 107 Å². The van der Waals surface area contributed by atoms with Crippen LogP contribution in [0.3, 0.4) is 0 Å². The number of aryl methyl sites for hydroxylation is 7. The number of benzene rings is 8. The van der Waals surface area contributed by atoms with Crippen LogP contribution >= 0.6 is 0 Å². The molecule has 0 heterocycles. The van der Waals surface area contributed by atoms with E-state index in [0.717, 1.165) is 11.8 Å². The molecule has 0 N–H and O–H groups in total. The van der Waals surface area contributed by atoms with Crippen molar-refractivity contribution in [1.29, 1.82) is 0 Å². The summed E-state index contributed by atoms with van der Waals surface area (Å²) in [7, 11) is 0. The quantitative estimate of drug-likeness (QED) is 0.121. The summed E-state index contributed by atoms with van der Waals surface area (Å²) >= 11 is 0. The zero-order chi connectivity index (χ0) is 90.4. The van der Waals surface area contributed by atoms with Crippen LogP contribution in [-0.2, 0) is 56.2 Å². The molecule has 0 atom stereocenters. The van der Waals surface area contributed by atoms with E-state index in [2.05, 4.69) is 485 Å². The van der Waals surface area contributed by atoms with Crippen molar-refractivity contribution in [2.24, 2.45) is 11.8 Å². The van der Waals surface area contributed by atoms with Gasteiger partial charge in [-0.05, 0) is 258 Å². The van der Waals surface area contributed by atoms with Crippen molar-refractivity contribution in [2.45, 2.75) is 437 Å². The fraction of sp³-hybridized carbons (Fsp3) is 0.586. The second-order valence-corrected chi connectivity index (χ2v) is 45.9. The molecular weight excluding hydrogens is 1390 g/mol. The van der Waals surface area contributed by atoms with E-state index in [9.17, 15) is 0 Å². The zero-order valence-corrected chi connectivity index (χ0v) is 85.5. The van der Waals surface area contributed by atoms with Crippen LogP contribution in [0.5, 0.6) is 0 Å². The third kappa shape index (κ3) is 37.6. The second-order valence-electron chi connectivity index (χ2n) is 45.9. The minimum absolute atomic E-state index is 0.217. The van der Waals surface area contributed by atoms with Crippen LogP contribution in [0.4, 0.5) is 0 Å². The van der Waals surface area contributed by atoms with Gasteiger partial charge in [0.05, 0.1) is 0 Å². The third-order valence-corrected chi connectivity index (χ3v) is 21.7. The van der Waals surface area contributed by atoms with E-state index < -0.39 is 0 Å². The van der Waals surface area contributed by atoms with Crippen molar-refractivity contribution in [3.05, 3.63) is 279 Å². The molecule has 0 amide bonds. The van der Waals surface area contributed by atoms with Gasteiger partial charge in [-0.3, -0.25) is 0 Å². The molecule has 8 rings (SSSR count). The lowest BCUT2D eigenvalue weighted by Crippen LogP contribution is -2.19. The van der Waals surface area contributed by atoms with E-state index in [1.54, 1.807) is 38.9 Å². The van der Waals surface area contributed by atoms with Crippen molar-refractivity contribution < 1.29 is 0 Å². The van der Waals surface area contributed by atoms with Crippen molar-refractivity contribution in [3.8, 4) is 0 Å². The molecule has 0 saturated heterocycles. The van der Waals surface area contributed by atoms with Crippen LogP contribution in [0.2, 0.25) is 0 Å². The molecule has 0 nitrogen and oxygen atoms in total. The fourth-order valence-electron chi connectivity index (χ4n) is 15.3. The van der Waals surface area contributed by atoms with Crippen LogP contribution in [0, 0.1) is 60.3 Å². The maximum atomic E-state index is 2.45. The SMILES string of the molecule is CC(C)Cc1cccc(CC(C)C)c1C(C)(C)C.CC(C)c1cc(C(C)C)c(C(C)(C)C)c(C(C)C)c1.CC(C)c1cc(C(C)C)cc(C(C)(C)C)c1.CC(C)c1cccc(C(C)C)c1C(C)(C)C.Cc1cc(C)cc(C(C)(C)C)c1.Cc1cc(C)cc(C(C)(C)C)c1.Cc1ccc(C(C)(C)C)cc1.Cc1ccc(C)c(C(C)(C)C)c1. The lowest BCUT2D eigenvalue weighted by atomic mass is 9.74. The minimum Gasteiger partial charge on any atom is -0.0625 e. The molecule has 0 spiro atoms. The van der Waals surface area contributed by atoms with Crippen LogP contribution in [0.25, 0.3) is 0 Å². The number of hydrogen-bond acceptors (Lipinski definition) is 0. The second kappa shape index (κ2) is 45.4. The van der Waals surface area contributed by atoms with Gasteiger partial charge in [0.25, 0.3) is 0 Å². The standard InChI is InChI=1S/C19H32.C18H30.2C16H26.3C12H18.C11H16/c1-12(2)15-10-16(13(3)4)18(19(7,8)9)17(11-15)14(5)6;1-13(2)11-15-9-8-10-16(12-14(3)4)17(15)18(5,6)7;1-11(2)13-8-14(12(3)4)10-15(9-13)16(5,6)7;1-11(2)13-9-8-10-14(12(3)4)15(13)16(5,6)7;2*1-9-6-10(2)8-11(7-9)12(3,4)5;1-9-6-7-10(2)11(8-9)12(3,4)5;1-9-5-7-10(8-6-9)11(2,3)4/h10-14H,1-9H3;8-10,13-14H,11-12H2,1-7H3;2*8-12H,1-7H3;3*6-8H,1-5H3;5-8H,1-4H3. The number of hydrogen-bond donors (Lipinski definition) is 0. The van der Waals surface area contributed by atoms with Crippen molar-refractivity contribution in [2.75, 3.05) is 0 Å². The minimum atomic E-state index is 0.217. The summed E-state index contributed by atoms with van der Waals surface area (Å²) in [4.78, 5) is 0. The van der Waals surface area contributed by atoms with E-state index in [4.69, 9.17) is 0 Å². The maximum Gasteiger partial charge on any atom is -0.0126 e. The third-order valence-electron chi connectivity index (χ3n) is 21.7. The lowest BCUT2D eigenvalue weighted by Gasteiger charge is -2.31. The van der Waals surface area contributed by atoms with E-state index in [0.29, 0.717) is 41.4 Å². The Bertz CT molecular complexity index is 3990. The van der Waals surface area contributed by atoms with E-state index >= 15 is 0 Å². The summed E-state index contributed by atoms with van der Waals surface area (Å²) in [5, 5.41) is 0. The smallest absolute Gasteiger partial charge is 0.0126 e. The topological polar surface area (TPSA) is 0 Å². The average molecular weight is 1580 g/mol. The molecular formula is C116H184. The van der Waals surface area contributed by atoms with Gasteiger partial charge in [0.15, 0.2) is 0 Å². The van der Waals surface area contributed by atoms with Gasteiger partial charge in [0, 0.05) is 0 Å². The Morgan fingerprint density at radius 2 is 0.483 bits per heavy atom. The normalized spacial score (nSPS) is 12.3. The number of rotatable bonds is 11. The zero-order valence-electron chi connectivity index (χ0n) is 85.5. The molecule has 0 bridgehead atoms. The van der Waals surface area contributed by atoms with Gasteiger partial charge in [-0.25, -0.2) is 0 Å². The van der Waals surface area contributed by atoms with Gasteiger partial charge in [0.2, 0.25) is 0 Å². The molecule has 116 heavy (non-hydrogen) atoms. The summed E-state index contributed by atoms with van der Waals surface area (Å²) < 4.78 is 0. The Morgan fingerprint density at radius 1 is 0.207 bits per heavy atom. The maximum absolute atomic E-state index is 2.45. The Balaban J connectivity index is 0.000000667. The van der Waals surface area contributed by atoms with Crippen molar-refractivity contribution in [3.63, 3.8) is 0 Å². The first-order chi connectivity index (χ1) is 52.4. The molecule has 0 aromatic heterocycles. The molecule has 0 unspecified atom stereocenters. The predicted octanol–water partition coefficient (Wildman–Crippen LogP) is 36.3. The van der Waals surface area contributed by atoms with Gasteiger partial charge in [-0.1, -0.05) is 470 Å². The molecule has 8 aromatic rings. The first-order valence-corrected chi connectivity index (χ1v) is 45.3. The summed E-state index contributed by atoms with van der Waals surface area (Å²) in [5.41, 5.74) is 37.1. The highest BCUT2D eigenvalue weighted by atomic mass is 14.3. The van der Waals surface area contributed by atoms with Gasteiger partial charge in [-0.15, -0.1) is 0 Å². The molecule has 0 fully saturated rings. The van der Waals surface area contributed by atoms with Gasteiger partial charge >= 0.3 is 0 Å². The van der Waals surface area contributed by atoms with Crippen LogP contribution in [0.1, 0.15) is 466 Å². The molecule has 0 saturated carbocycles. The summed E-state index contributed by atoms with van der Waals surface area (Å²) in [6.45, 7) is 111. The Morgan fingerprint density at radius 3 is 0.741 bits per heavy atom. The molecule has 0 radical (unpaired) electrons. The molecule has 0 aliphatic heterocycles. The summed E-state index contributed by atoms with van der Waals surface area (Å²) in [6.07, 6.45) is 2.39. The molecule has 648 valence electrons. The first-order valence-electron chi connectivity index (χ1n) is 45.3.